The number of benzene rings is 2. The lowest BCUT2D eigenvalue weighted by Gasteiger charge is -2.26. The van der Waals surface area contributed by atoms with Crippen molar-refractivity contribution in [1.29, 1.82) is 0 Å². The molecule has 27 heavy (non-hydrogen) atoms. The minimum atomic E-state index is -0.475. The van der Waals surface area contributed by atoms with Crippen molar-refractivity contribution in [1.82, 2.24) is 9.88 Å². The standard InChI is InChI=1S/C20H16ClN3O3/c21-18-3-1-2-16-17(12-22-19(16)18)13-8-10-23(11-9-13)20(25)14-4-6-15(7-5-14)24(26)27/h1-8,12,22H,9-11H2. The second-order valence-electron chi connectivity index (χ2n) is 6.40. The lowest BCUT2D eigenvalue weighted by atomic mass is 9.98. The fourth-order valence-corrected chi connectivity index (χ4v) is 3.62. The minimum Gasteiger partial charge on any atom is -0.359 e. The number of amides is 1. The van der Waals surface area contributed by atoms with E-state index in [1.807, 2.05) is 24.4 Å². The Morgan fingerprint density at radius 1 is 1.19 bits per heavy atom. The Kier molecular flexibility index (Phi) is 4.41. The number of carbonyl (C=O) groups is 1. The first-order chi connectivity index (χ1) is 13.0. The second kappa shape index (κ2) is 6.89. The number of para-hydroxylation sites is 1. The van der Waals surface area contributed by atoms with Crippen molar-refractivity contribution in [2.75, 3.05) is 13.1 Å². The summed E-state index contributed by atoms with van der Waals surface area (Å²) < 4.78 is 0. The van der Waals surface area contributed by atoms with E-state index < -0.39 is 4.92 Å². The van der Waals surface area contributed by atoms with Crippen LogP contribution in [0.1, 0.15) is 22.3 Å². The van der Waals surface area contributed by atoms with Crippen LogP contribution in [-0.2, 0) is 0 Å². The number of nitrogens with zero attached hydrogens (tertiary/aromatic N) is 2. The van der Waals surface area contributed by atoms with Gasteiger partial charge in [-0.1, -0.05) is 29.8 Å². The molecule has 0 saturated heterocycles. The van der Waals surface area contributed by atoms with Crippen molar-refractivity contribution < 1.29 is 9.72 Å². The number of halogens is 1. The van der Waals surface area contributed by atoms with Gasteiger partial charge in [0.2, 0.25) is 0 Å². The van der Waals surface area contributed by atoms with Gasteiger partial charge in [0.15, 0.2) is 0 Å². The molecule has 1 amide bonds. The van der Waals surface area contributed by atoms with Crippen LogP contribution in [0.3, 0.4) is 0 Å². The molecular weight excluding hydrogens is 366 g/mol. The molecule has 0 unspecified atom stereocenters. The van der Waals surface area contributed by atoms with E-state index in [-0.39, 0.29) is 11.6 Å². The summed E-state index contributed by atoms with van der Waals surface area (Å²) in [6, 6.07) is 11.5. The number of nitrogens with one attached hydrogen (secondary N) is 1. The molecule has 2 aromatic carbocycles. The maximum atomic E-state index is 12.6. The molecule has 1 aliphatic rings. The van der Waals surface area contributed by atoms with E-state index in [0.29, 0.717) is 23.7 Å². The first-order valence-corrected chi connectivity index (χ1v) is 8.91. The highest BCUT2D eigenvalue weighted by Gasteiger charge is 2.21. The topological polar surface area (TPSA) is 79.2 Å². The lowest BCUT2D eigenvalue weighted by Crippen LogP contribution is -2.34. The van der Waals surface area contributed by atoms with Gasteiger partial charge in [-0.2, -0.15) is 0 Å². The summed E-state index contributed by atoms with van der Waals surface area (Å²) in [5.41, 5.74) is 3.63. The Morgan fingerprint density at radius 3 is 2.63 bits per heavy atom. The normalized spacial score (nSPS) is 14.3. The van der Waals surface area contributed by atoms with Gasteiger partial charge in [0.05, 0.1) is 15.5 Å². The van der Waals surface area contributed by atoms with Gasteiger partial charge in [0.1, 0.15) is 0 Å². The van der Waals surface area contributed by atoms with Crippen LogP contribution in [0.5, 0.6) is 0 Å². The van der Waals surface area contributed by atoms with E-state index in [9.17, 15) is 14.9 Å². The minimum absolute atomic E-state index is 0.0228. The third kappa shape index (κ3) is 3.19. The van der Waals surface area contributed by atoms with Crippen LogP contribution in [0.4, 0.5) is 5.69 Å². The van der Waals surface area contributed by atoms with Crippen LogP contribution in [0, 0.1) is 10.1 Å². The molecule has 1 aromatic heterocycles. The van der Waals surface area contributed by atoms with Gasteiger partial charge in [-0.05, 0) is 30.2 Å². The summed E-state index contributed by atoms with van der Waals surface area (Å²) in [5, 5.41) is 12.5. The first-order valence-electron chi connectivity index (χ1n) is 8.53. The van der Waals surface area contributed by atoms with Crippen molar-refractivity contribution >= 4 is 39.7 Å². The molecule has 3 aromatic rings. The lowest BCUT2D eigenvalue weighted by molar-refractivity contribution is -0.384. The SMILES string of the molecule is O=C(c1ccc([N+](=O)[O-])cc1)N1CC=C(c2c[nH]c3c(Cl)cccc23)CC1. The highest BCUT2D eigenvalue weighted by molar-refractivity contribution is 6.35. The number of carbonyl (C=O) groups excluding carboxylic acids is 1. The summed E-state index contributed by atoms with van der Waals surface area (Å²) in [5.74, 6) is -0.123. The van der Waals surface area contributed by atoms with Crippen LogP contribution >= 0.6 is 11.6 Å². The van der Waals surface area contributed by atoms with Gasteiger partial charge in [-0.3, -0.25) is 14.9 Å². The molecule has 1 N–H and O–H groups in total. The van der Waals surface area contributed by atoms with Crippen LogP contribution in [0.25, 0.3) is 16.5 Å². The van der Waals surface area contributed by atoms with Crippen molar-refractivity contribution in [2.45, 2.75) is 6.42 Å². The summed E-state index contributed by atoms with van der Waals surface area (Å²) in [7, 11) is 0. The van der Waals surface area contributed by atoms with Gasteiger partial charge in [-0.15, -0.1) is 0 Å². The van der Waals surface area contributed by atoms with Gasteiger partial charge < -0.3 is 9.88 Å². The van der Waals surface area contributed by atoms with Crippen molar-refractivity contribution in [3.8, 4) is 0 Å². The monoisotopic (exact) mass is 381 g/mol. The molecule has 1 aliphatic heterocycles. The van der Waals surface area contributed by atoms with Crippen molar-refractivity contribution in [3.05, 3.63) is 81.0 Å². The largest absolute Gasteiger partial charge is 0.359 e. The summed E-state index contributed by atoms with van der Waals surface area (Å²) in [6.45, 7) is 1.09. The van der Waals surface area contributed by atoms with Gasteiger partial charge in [-0.25, -0.2) is 0 Å². The molecule has 6 nitrogen and oxygen atoms in total. The maximum Gasteiger partial charge on any atom is 0.269 e. The molecule has 0 fully saturated rings. The van der Waals surface area contributed by atoms with Gasteiger partial charge in [0, 0.05) is 47.9 Å². The van der Waals surface area contributed by atoms with Crippen molar-refractivity contribution in [2.24, 2.45) is 0 Å². The Bertz CT molecular complexity index is 1070. The molecule has 0 bridgehead atoms. The highest BCUT2D eigenvalue weighted by atomic mass is 35.5. The molecular formula is C20H16ClN3O3. The van der Waals surface area contributed by atoms with E-state index >= 15 is 0 Å². The number of fused-ring (bicyclic) bond motifs is 1. The fourth-order valence-electron chi connectivity index (χ4n) is 3.39. The molecule has 7 heteroatoms. The zero-order valence-corrected chi connectivity index (χ0v) is 15.1. The van der Waals surface area contributed by atoms with E-state index in [2.05, 4.69) is 11.1 Å². The number of hydrogen-bond donors (Lipinski definition) is 1. The van der Waals surface area contributed by atoms with Crippen molar-refractivity contribution in [3.63, 3.8) is 0 Å². The second-order valence-corrected chi connectivity index (χ2v) is 6.81. The number of aromatic amines is 1. The third-order valence-electron chi connectivity index (χ3n) is 4.83. The average molecular weight is 382 g/mol. The molecule has 4 rings (SSSR count). The predicted molar refractivity (Wildman–Crippen MR) is 105 cm³/mol. The van der Waals surface area contributed by atoms with Gasteiger partial charge >= 0.3 is 0 Å². The van der Waals surface area contributed by atoms with Gasteiger partial charge in [0.25, 0.3) is 11.6 Å². The molecule has 0 spiro atoms. The van der Waals surface area contributed by atoms with E-state index in [0.717, 1.165) is 22.9 Å². The van der Waals surface area contributed by atoms with Crippen LogP contribution in [0.15, 0.2) is 54.7 Å². The Morgan fingerprint density at radius 2 is 1.96 bits per heavy atom. The zero-order valence-electron chi connectivity index (χ0n) is 14.3. The predicted octanol–water partition coefficient (Wildman–Crippen LogP) is 4.66. The first kappa shape index (κ1) is 17.3. The number of aromatic nitrogens is 1. The quantitative estimate of drug-likeness (QED) is 0.529. The number of nitro benzene ring substituents is 1. The van der Waals surface area contributed by atoms with E-state index in [4.69, 9.17) is 11.6 Å². The third-order valence-corrected chi connectivity index (χ3v) is 5.15. The molecule has 136 valence electrons. The molecule has 0 atom stereocenters. The Labute approximate surface area is 160 Å². The molecule has 2 heterocycles. The van der Waals surface area contributed by atoms with Crippen LogP contribution in [-0.4, -0.2) is 33.8 Å². The van der Waals surface area contributed by atoms with Crippen LogP contribution in [0.2, 0.25) is 5.02 Å². The zero-order chi connectivity index (χ0) is 19.0. The Balaban J connectivity index is 1.53. The molecule has 0 aliphatic carbocycles. The Hall–Kier alpha value is -3.12. The maximum absolute atomic E-state index is 12.6. The number of H-pyrrole nitrogens is 1. The number of rotatable bonds is 3. The fraction of sp³-hybridized carbons (Fsp3) is 0.150. The summed E-state index contributed by atoms with van der Waals surface area (Å²) in [6.07, 6.45) is 4.74. The van der Waals surface area contributed by atoms with E-state index in [1.165, 1.54) is 29.8 Å². The van der Waals surface area contributed by atoms with Crippen LogP contribution < -0.4 is 0 Å². The number of non-ortho nitro benzene ring substituents is 1. The number of nitro groups is 1. The summed E-state index contributed by atoms with van der Waals surface area (Å²) >= 11 is 6.23. The molecule has 0 saturated carbocycles. The smallest absolute Gasteiger partial charge is 0.269 e. The highest BCUT2D eigenvalue weighted by Crippen LogP contribution is 2.32. The molecule has 0 radical (unpaired) electrons. The average Bonchev–Trinajstić information content (AvgIpc) is 3.13. The number of hydrogen-bond acceptors (Lipinski definition) is 3. The summed E-state index contributed by atoms with van der Waals surface area (Å²) in [4.78, 5) is 27.9. The van der Waals surface area contributed by atoms with E-state index in [1.54, 1.807) is 4.90 Å².